The molecule has 0 N–H and O–H groups in total. The highest BCUT2D eigenvalue weighted by Crippen LogP contribution is 2.53. The van der Waals surface area contributed by atoms with Crippen LogP contribution in [0.1, 0.15) is 19.3 Å². The minimum atomic E-state index is 0.543. The molecule has 0 bridgehead atoms. The van der Waals surface area contributed by atoms with Crippen molar-refractivity contribution in [3.8, 4) is 0 Å². The van der Waals surface area contributed by atoms with Crippen molar-refractivity contribution in [1.82, 2.24) is 4.90 Å². The molecule has 1 saturated heterocycles. The van der Waals surface area contributed by atoms with Gasteiger partial charge in [0.05, 0.1) is 6.10 Å². The van der Waals surface area contributed by atoms with Crippen molar-refractivity contribution in [2.75, 3.05) is 20.2 Å². The first-order chi connectivity index (χ1) is 5.86. The van der Waals surface area contributed by atoms with E-state index in [0.29, 0.717) is 6.10 Å². The number of fused-ring (bicyclic) bond motifs is 1. The number of likely N-dealkylation sites (tertiary alicyclic amines) is 1. The lowest BCUT2D eigenvalue weighted by molar-refractivity contribution is -0.0513. The van der Waals surface area contributed by atoms with Crippen LogP contribution in [-0.4, -0.2) is 37.2 Å². The second-order valence-corrected chi connectivity index (χ2v) is 4.69. The summed E-state index contributed by atoms with van der Waals surface area (Å²) in [4.78, 5) is 2.61. The fourth-order valence-electron chi connectivity index (χ4n) is 2.90. The van der Waals surface area contributed by atoms with E-state index in [4.69, 9.17) is 4.74 Å². The average molecular weight is 167 g/mol. The van der Waals surface area contributed by atoms with Gasteiger partial charge in [0.15, 0.2) is 0 Å². The van der Waals surface area contributed by atoms with Gasteiger partial charge in [-0.25, -0.2) is 0 Å². The number of ether oxygens (including phenoxy) is 1. The fourth-order valence-corrected chi connectivity index (χ4v) is 2.90. The van der Waals surface area contributed by atoms with Crippen LogP contribution < -0.4 is 0 Å². The molecule has 0 aromatic carbocycles. The van der Waals surface area contributed by atoms with Crippen molar-refractivity contribution < 1.29 is 4.74 Å². The molecule has 2 saturated carbocycles. The number of nitrogens with zero attached hydrogens (tertiary/aromatic N) is 1. The maximum absolute atomic E-state index is 5.27. The van der Waals surface area contributed by atoms with Crippen LogP contribution in [0.15, 0.2) is 0 Å². The Hall–Kier alpha value is -0.0800. The monoisotopic (exact) mass is 167 g/mol. The van der Waals surface area contributed by atoms with Crippen LogP contribution in [0.2, 0.25) is 0 Å². The minimum absolute atomic E-state index is 0.543. The van der Waals surface area contributed by atoms with Crippen LogP contribution in [0.25, 0.3) is 0 Å². The lowest BCUT2D eigenvalue weighted by atomic mass is 10.0. The van der Waals surface area contributed by atoms with E-state index in [1.54, 1.807) is 0 Å². The van der Waals surface area contributed by atoms with Crippen LogP contribution in [0, 0.1) is 11.8 Å². The molecule has 12 heavy (non-hydrogen) atoms. The van der Waals surface area contributed by atoms with Crippen LogP contribution >= 0.6 is 0 Å². The van der Waals surface area contributed by atoms with Gasteiger partial charge in [0.25, 0.3) is 0 Å². The Balaban J connectivity index is 1.50. The van der Waals surface area contributed by atoms with E-state index < -0.39 is 0 Å². The van der Waals surface area contributed by atoms with Gasteiger partial charge in [0, 0.05) is 26.2 Å². The zero-order valence-electron chi connectivity index (χ0n) is 7.70. The molecule has 2 heteroatoms. The van der Waals surface area contributed by atoms with Gasteiger partial charge in [-0.15, -0.1) is 0 Å². The molecule has 2 aliphatic carbocycles. The highest BCUT2D eigenvalue weighted by atomic mass is 16.5. The Kier molecular flexibility index (Phi) is 1.50. The predicted molar refractivity (Wildman–Crippen MR) is 47.0 cm³/mol. The summed E-state index contributed by atoms with van der Waals surface area (Å²) in [7, 11) is 1.83. The van der Waals surface area contributed by atoms with Crippen LogP contribution in [0.5, 0.6) is 0 Å². The van der Waals surface area contributed by atoms with Crippen molar-refractivity contribution in [3.63, 3.8) is 0 Å². The third kappa shape index (κ3) is 1.01. The van der Waals surface area contributed by atoms with Crippen LogP contribution in [-0.2, 0) is 4.74 Å². The third-order valence-corrected chi connectivity index (χ3v) is 3.94. The van der Waals surface area contributed by atoms with Gasteiger partial charge in [-0.2, -0.15) is 0 Å². The molecule has 0 radical (unpaired) electrons. The van der Waals surface area contributed by atoms with E-state index in [1.807, 2.05) is 7.11 Å². The van der Waals surface area contributed by atoms with Gasteiger partial charge < -0.3 is 4.74 Å². The zero-order valence-corrected chi connectivity index (χ0v) is 7.70. The number of rotatable bonds is 2. The third-order valence-electron chi connectivity index (χ3n) is 3.94. The molecule has 0 amide bonds. The Morgan fingerprint density at radius 3 is 2.33 bits per heavy atom. The maximum Gasteiger partial charge on any atom is 0.0825 e. The number of hydrogen-bond acceptors (Lipinski definition) is 2. The van der Waals surface area contributed by atoms with E-state index in [0.717, 1.165) is 17.9 Å². The Morgan fingerprint density at radius 1 is 1.08 bits per heavy atom. The molecule has 2 nitrogen and oxygen atoms in total. The normalized spacial score (nSPS) is 47.2. The second-order valence-electron chi connectivity index (χ2n) is 4.69. The van der Waals surface area contributed by atoms with E-state index in [9.17, 15) is 0 Å². The molecule has 3 aliphatic rings. The van der Waals surface area contributed by atoms with Crippen molar-refractivity contribution >= 4 is 0 Å². The summed E-state index contributed by atoms with van der Waals surface area (Å²) in [5.74, 6) is 2.24. The van der Waals surface area contributed by atoms with Crippen LogP contribution in [0.3, 0.4) is 0 Å². The van der Waals surface area contributed by atoms with Gasteiger partial charge in [0.1, 0.15) is 0 Å². The highest BCUT2D eigenvalue weighted by molar-refractivity contribution is 5.01. The van der Waals surface area contributed by atoms with E-state index in [1.165, 1.54) is 32.4 Å². The standard InChI is InChI=1S/C10H17NO/c1-12-10-5-11(6-10)9-3-7-2-8(7)4-9/h7-10H,2-6H2,1H3. The van der Waals surface area contributed by atoms with Gasteiger partial charge in [-0.05, 0) is 31.1 Å². The van der Waals surface area contributed by atoms with Crippen molar-refractivity contribution in [2.45, 2.75) is 31.4 Å². The van der Waals surface area contributed by atoms with Gasteiger partial charge in [-0.1, -0.05) is 0 Å². The quantitative estimate of drug-likeness (QED) is 0.611. The first-order valence-electron chi connectivity index (χ1n) is 5.13. The van der Waals surface area contributed by atoms with Crippen molar-refractivity contribution in [1.29, 1.82) is 0 Å². The first-order valence-corrected chi connectivity index (χ1v) is 5.13. The Morgan fingerprint density at radius 2 is 1.75 bits per heavy atom. The van der Waals surface area contributed by atoms with Gasteiger partial charge >= 0.3 is 0 Å². The molecule has 0 aromatic heterocycles. The summed E-state index contributed by atoms with van der Waals surface area (Å²) in [6, 6.07) is 0.931. The smallest absolute Gasteiger partial charge is 0.0825 e. The van der Waals surface area contributed by atoms with Gasteiger partial charge in [0.2, 0.25) is 0 Å². The molecule has 1 aliphatic heterocycles. The molecule has 0 aromatic rings. The largest absolute Gasteiger partial charge is 0.379 e. The lowest BCUT2D eigenvalue weighted by Gasteiger charge is -2.42. The lowest BCUT2D eigenvalue weighted by Crippen LogP contribution is -2.55. The summed E-state index contributed by atoms with van der Waals surface area (Å²) in [6.07, 6.45) is 5.06. The Labute approximate surface area is 73.9 Å². The predicted octanol–water partition coefficient (Wildman–Crippen LogP) is 1.12. The highest BCUT2D eigenvalue weighted by Gasteiger charge is 2.49. The molecule has 68 valence electrons. The zero-order chi connectivity index (χ0) is 8.13. The molecule has 2 unspecified atom stereocenters. The van der Waals surface area contributed by atoms with Crippen LogP contribution in [0.4, 0.5) is 0 Å². The summed E-state index contributed by atoms with van der Waals surface area (Å²) in [5, 5.41) is 0. The molecule has 3 rings (SSSR count). The minimum Gasteiger partial charge on any atom is -0.379 e. The Bertz CT molecular complexity index is 178. The van der Waals surface area contributed by atoms with Gasteiger partial charge in [-0.3, -0.25) is 4.90 Å². The topological polar surface area (TPSA) is 12.5 Å². The van der Waals surface area contributed by atoms with E-state index in [-0.39, 0.29) is 0 Å². The number of methoxy groups -OCH3 is 1. The molecular weight excluding hydrogens is 150 g/mol. The first kappa shape index (κ1) is 7.34. The molecule has 1 heterocycles. The fraction of sp³-hybridized carbons (Fsp3) is 1.00. The second kappa shape index (κ2) is 2.46. The summed E-state index contributed by atoms with van der Waals surface area (Å²) >= 11 is 0. The van der Waals surface area contributed by atoms with Crippen molar-refractivity contribution in [3.05, 3.63) is 0 Å². The molecular formula is C10H17NO. The van der Waals surface area contributed by atoms with E-state index in [2.05, 4.69) is 4.90 Å². The number of hydrogen-bond donors (Lipinski definition) is 0. The summed E-state index contributed by atoms with van der Waals surface area (Å²) < 4.78 is 5.27. The summed E-state index contributed by atoms with van der Waals surface area (Å²) in [6.45, 7) is 2.39. The SMILES string of the molecule is COC1CN(C2CC3CC3C2)C1. The van der Waals surface area contributed by atoms with Crippen molar-refractivity contribution in [2.24, 2.45) is 11.8 Å². The average Bonchev–Trinajstić information content (AvgIpc) is 2.57. The molecule has 2 atom stereocenters. The molecule has 3 fully saturated rings. The van der Waals surface area contributed by atoms with E-state index >= 15 is 0 Å². The molecule has 0 spiro atoms. The maximum atomic E-state index is 5.27. The summed E-state index contributed by atoms with van der Waals surface area (Å²) in [5.41, 5.74) is 0.